The van der Waals surface area contributed by atoms with E-state index < -0.39 is 5.91 Å². The maximum absolute atomic E-state index is 11.8. The van der Waals surface area contributed by atoms with Gasteiger partial charge in [0.05, 0.1) is 26.7 Å². The van der Waals surface area contributed by atoms with Gasteiger partial charge in [-0.25, -0.2) is 0 Å². The molecule has 21 heavy (non-hydrogen) atoms. The number of hydrogen-bond donors (Lipinski definition) is 1. The topological polar surface area (TPSA) is 81.9 Å². The van der Waals surface area contributed by atoms with Crippen molar-refractivity contribution >= 4 is 11.8 Å². The van der Waals surface area contributed by atoms with Gasteiger partial charge in [0.25, 0.3) is 0 Å². The second kappa shape index (κ2) is 6.03. The number of amides is 2. The van der Waals surface area contributed by atoms with E-state index in [2.05, 4.69) is 0 Å². The maximum atomic E-state index is 11.8. The summed E-state index contributed by atoms with van der Waals surface area (Å²) in [6, 6.07) is 3.39. The molecule has 1 aromatic carbocycles. The quantitative estimate of drug-likeness (QED) is 0.898. The normalized spacial score (nSPS) is 17.1. The number of rotatable bonds is 4. The maximum Gasteiger partial charge on any atom is 0.219 e. The van der Waals surface area contributed by atoms with Gasteiger partial charge in [-0.1, -0.05) is 0 Å². The lowest BCUT2D eigenvalue weighted by atomic mass is 9.90. The van der Waals surface area contributed by atoms with E-state index >= 15 is 0 Å². The van der Waals surface area contributed by atoms with E-state index in [1.807, 2.05) is 12.1 Å². The molecule has 1 aliphatic rings. The van der Waals surface area contributed by atoms with Crippen LogP contribution in [-0.4, -0.2) is 37.5 Å². The number of carbonyl (C=O) groups is 2. The molecule has 1 heterocycles. The van der Waals surface area contributed by atoms with Gasteiger partial charge in [-0.2, -0.15) is 0 Å². The van der Waals surface area contributed by atoms with Gasteiger partial charge in [0.1, 0.15) is 0 Å². The van der Waals surface area contributed by atoms with Crippen LogP contribution in [0.3, 0.4) is 0 Å². The highest BCUT2D eigenvalue weighted by molar-refractivity contribution is 5.78. The first-order valence-corrected chi connectivity index (χ1v) is 6.78. The molecule has 1 aromatic rings. The summed E-state index contributed by atoms with van der Waals surface area (Å²) in [5, 5.41) is 0. The Hall–Kier alpha value is -2.24. The number of ether oxygens (including phenoxy) is 2. The van der Waals surface area contributed by atoms with Crippen molar-refractivity contribution in [1.82, 2.24) is 4.90 Å². The zero-order valence-corrected chi connectivity index (χ0v) is 12.5. The summed E-state index contributed by atoms with van der Waals surface area (Å²) in [7, 11) is 3.13. The Morgan fingerprint density at radius 1 is 1.29 bits per heavy atom. The minimum Gasteiger partial charge on any atom is -0.493 e. The van der Waals surface area contributed by atoms with Crippen LogP contribution >= 0.6 is 0 Å². The summed E-state index contributed by atoms with van der Waals surface area (Å²) in [4.78, 5) is 24.8. The zero-order valence-electron chi connectivity index (χ0n) is 12.5. The van der Waals surface area contributed by atoms with Crippen LogP contribution in [0.5, 0.6) is 11.5 Å². The molecule has 1 unspecified atom stereocenters. The van der Waals surface area contributed by atoms with E-state index in [4.69, 9.17) is 15.2 Å². The van der Waals surface area contributed by atoms with Crippen LogP contribution in [0.1, 0.15) is 30.5 Å². The lowest BCUT2D eigenvalue weighted by Gasteiger charge is -2.36. The first-order chi connectivity index (χ1) is 9.97. The molecule has 2 N–H and O–H groups in total. The fourth-order valence-corrected chi connectivity index (χ4v) is 2.82. The number of fused-ring (bicyclic) bond motifs is 1. The van der Waals surface area contributed by atoms with Gasteiger partial charge >= 0.3 is 0 Å². The second-order valence-corrected chi connectivity index (χ2v) is 5.05. The molecule has 2 rings (SSSR count). The molecule has 0 spiro atoms. The molecule has 114 valence electrons. The monoisotopic (exact) mass is 292 g/mol. The number of nitrogens with two attached hydrogens (primary N) is 1. The van der Waals surface area contributed by atoms with Crippen LogP contribution in [0.4, 0.5) is 0 Å². The van der Waals surface area contributed by atoms with Crippen molar-refractivity contribution in [2.24, 2.45) is 5.73 Å². The van der Waals surface area contributed by atoms with Crippen molar-refractivity contribution in [2.75, 3.05) is 20.8 Å². The average molecular weight is 292 g/mol. The standard InChI is InChI=1S/C15H20N2O4/c1-9(18)17-5-4-10-6-13(20-2)14(21-3)7-11(10)12(17)8-15(16)19/h6-7,12H,4-5,8H2,1-3H3,(H2,16,19). The number of benzene rings is 1. The van der Waals surface area contributed by atoms with E-state index in [1.165, 1.54) is 6.92 Å². The van der Waals surface area contributed by atoms with Crippen molar-refractivity contribution in [3.8, 4) is 11.5 Å². The highest BCUT2D eigenvalue weighted by atomic mass is 16.5. The van der Waals surface area contributed by atoms with Gasteiger partial charge in [-0.05, 0) is 29.7 Å². The van der Waals surface area contributed by atoms with Crippen molar-refractivity contribution in [2.45, 2.75) is 25.8 Å². The second-order valence-electron chi connectivity index (χ2n) is 5.05. The van der Waals surface area contributed by atoms with E-state index in [1.54, 1.807) is 19.1 Å². The van der Waals surface area contributed by atoms with Crippen molar-refractivity contribution in [3.05, 3.63) is 23.3 Å². The summed E-state index contributed by atoms with van der Waals surface area (Å²) in [5.74, 6) is 0.719. The summed E-state index contributed by atoms with van der Waals surface area (Å²) < 4.78 is 10.6. The van der Waals surface area contributed by atoms with Gasteiger partial charge in [0.2, 0.25) is 11.8 Å². The van der Waals surface area contributed by atoms with Gasteiger partial charge < -0.3 is 20.1 Å². The van der Waals surface area contributed by atoms with Crippen LogP contribution in [0.15, 0.2) is 12.1 Å². The van der Waals surface area contributed by atoms with E-state index in [0.717, 1.165) is 11.1 Å². The SMILES string of the molecule is COc1cc2c(cc1OC)C(CC(N)=O)N(C(C)=O)CC2. The lowest BCUT2D eigenvalue weighted by molar-refractivity contribution is -0.132. The molecule has 6 heteroatoms. The fourth-order valence-electron chi connectivity index (χ4n) is 2.82. The zero-order chi connectivity index (χ0) is 15.6. The van der Waals surface area contributed by atoms with E-state index in [0.29, 0.717) is 24.5 Å². The van der Waals surface area contributed by atoms with Gasteiger partial charge in [-0.15, -0.1) is 0 Å². The predicted octanol–water partition coefficient (Wildman–Crippen LogP) is 1.02. The molecule has 0 saturated heterocycles. The molecule has 1 aliphatic heterocycles. The Labute approximate surface area is 123 Å². The molecule has 2 amide bonds. The van der Waals surface area contributed by atoms with Crippen LogP contribution in [0.2, 0.25) is 0 Å². The van der Waals surface area contributed by atoms with Crippen LogP contribution in [0.25, 0.3) is 0 Å². The third kappa shape index (κ3) is 2.94. The van der Waals surface area contributed by atoms with Crippen molar-refractivity contribution in [1.29, 1.82) is 0 Å². The Morgan fingerprint density at radius 2 is 1.90 bits per heavy atom. The number of nitrogens with zero attached hydrogens (tertiary/aromatic N) is 1. The largest absolute Gasteiger partial charge is 0.493 e. The molecule has 0 radical (unpaired) electrons. The summed E-state index contributed by atoms with van der Waals surface area (Å²) >= 11 is 0. The molecule has 0 fully saturated rings. The number of hydrogen-bond acceptors (Lipinski definition) is 4. The Kier molecular flexibility index (Phi) is 4.35. The molecule has 1 atom stereocenters. The lowest BCUT2D eigenvalue weighted by Crippen LogP contribution is -2.40. The molecular formula is C15H20N2O4. The number of methoxy groups -OCH3 is 2. The molecule has 0 aromatic heterocycles. The van der Waals surface area contributed by atoms with Crippen molar-refractivity contribution < 1.29 is 19.1 Å². The fraction of sp³-hybridized carbons (Fsp3) is 0.467. The third-order valence-corrected chi connectivity index (χ3v) is 3.80. The highest BCUT2D eigenvalue weighted by Gasteiger charge is 2.31. The number of carbonyl (C=O) groups excluding carboxylic acids is 2. The summed E-state index contributed by atoms with van der Waals surface area (Å²) in [5.41, 5.74) is 7.29. The van der Waals surface area contributed by atoms with Crippen molar-refractivity contribution in [3.63, 3.8) is 0 Å². The minimum atomic E-state index is -0.436. The Bertz CT molecular complexity index is 571. The first kappa shape index (κ1) is 15.2. The molecular weight excluding hydrogens is 272 g/mol. The van der Waals surface area contributed by atoms with Gasteiger partial charge in [-0.3, -0.25) is 9.59 Å². The van der Waals surface area contributed by atoms with E-state index in [9.17, 15) is 9.59 Å². The first-order valence-electron chi connectivity index (χ1n) is 6.78. The molecule has 0 bridgehead atoms. The molecule has 6 nitrogen and oxygen atoms in total. The van der Waals surface area contributed by atoms with Gasteiger partial charge in [0, 0.05) is 13.5 Å². The van der Waals surface area contributed by atoms with Crippen LogP contribution in [-0.2, 0) is 16.0 Å². The van der Waals surface area contributed by atoms with Crippen LogP contribution < -0.4 is 15.2 Å². The smallest absolute Gasteiger partial charge is 0.219 e. The van der Waals surface area contributed by atoms with E-state index in [-0.39, 0.29) is 18.4 Å². The summed E-state index contributed by atoms with van der Waals surface area (Å²) in [6.07, 6.45) is 0.812. The molecule has 0 saturated carbocycles. The van der Waals surface area contributed by atoms with Crippen LogP contribution in [0, 0.1) is 0 Å². The van der Waals surface area contributed by atoms with Gasteiger partial charge in [0.15, 0.2) is 11.5 Å². The predicted molar refractivity (Wildman–Crippen MR) is 77.2 cm³/mol. The number of primary amides is 1. The Morgan fingerprint density at radius 3 is 2.43 bits per heavy atom. The minimum absolute atomic E-state index is 0.0679. The molecule has 0 aliphatic carbocycles. The average Bonchev–Trinajstić information content (AvgIpc) is 2.45. The highest BCUT2D eigenvalue weighted by Crippen LogP contribution is 2.39. The summed E-state index contributed by atoms with van der Waals surface area (Å²) in [6.45, 7) is 2.06. The third-order valence-electron chi connectivity index (χ3n) is 3.80. The Balaban J connectivity index is 2.51.